The van der Waals surface area contributed by atoms with Crippen molar-refractivity contribution in [3.8, 4) is 28.7 Å². The molecule has 0 bridgehead atoms. The summed E-state index contributed by atoms with van der Waals surface area (Å²) >= 11 is 5.47. The molecule has 1 heterocycles. The minimum atomic E-state index is -3.80. The molecule has 4 aromatic rings. The maximum atomic E-state index is 13.6. The minimum absolute atomic E-state index is 0.00519. The molecule has 3 aromatic carbocycles. The average molecular weight is 515 g/mol. The Labute approximate surface area is 208 Å². The van der Waals surface area contributed by atoms with Crippen molar-refractivity contribution in [1.29, 1.82) is 0 Å². The van der Waals surface area contributed by atoms with Gasteiger partial charge in [-0.05, 0) is 60.7 Å². The van der Waals surface area contributed by atoms with E-state index in [1.807, 2.05) is 0 Å². The Hall–Kier alpha value is -3.87. The number of methoxy groups -OCH3 is 2. The zero-order valence-electron chi connectivity index (χ0n) is 19.0. The Kier molecular flexibility index (Phi) is 8.84. The highest BCUT2D eigenvalue weighted by Crippen LogP contribution is 2.44. The summed E-state index contributed by atoms with van der Waals surface area (Å²) in [7, 11) is -0.669. The molecule has 0 aliphatic carbocycles. The lowest BCUT2D eigenvalue weighted by Gasteiger charge is -2.14. The Morgan fingerprint density at radius 3 is 1.49 bits per heavy atom. The molecule has 8 nitrogen and oxygen atoms in total. The van der Waals surface area contributed by atoms with Crippen LogP contribution in [0.2, 0.25) is 5.02 Å². The number of hydrogen-bond acceptors (Lipinski definition) is 7. The zero-order valence-corrected chi connectivity index (χ0v) is 20.7. The molecule has 182 valence electrons. The number of nitrogen functional groups attached to an aromatic ring is 1. The van der Waals surface area contributed by atoms with Gasteiger partial charge in [0.25, 0.3) is 0 Å². The second-order valence-electron chi connectivity index (χ2n) is 6.97. The largest absolute Gasteiger partial charge is 0.872 e. The van der Waals surface area contributed by atoms with Gasteiger partial charge in [-0.25, -0.2) is 0 Å². The van der Waals surface area contributed by atoms with E-state index in [0.717, 1.165) is 0 Å². The van der Waals surface area contributed by atoms with Crippen LogP contribution in [0.1, 0.15) is 0 Å². The Morgan fingerprint density at radius 2 is 1.11 bits per heavy atom. The molecule has 0 atom stereocenters. The number of aromatic nitrogens is 1. The van der Waals surface area contributed by atoms with Crippen LogP contribution in [0.4, 0.5) is 5.69 Å². The first-order valence-corrected chi connectivity index (χ1v) is 12.2. The SMILES string of the molecule is COc1ccc(OP(=O)(Oc2ccc(OC)cc2)[n+]2ccc(N)cc2)cc1.[O-]c1ccc(Cl)cc1. The molecule has 1 aromatic heterocycles. The smallest absolute Gasteiger partial charge is 0.728 e. The third-order valence-corrected chi connectivity index (χ3v) is 6.46. The number of rotatable bonds is 7. The van der Waals surface area contributed by atoms with Gasteiger partial charge in [0.2, 0.25) is 0 Å². The van der Waals surface area contributed by atoms with Crippen molar-refractivity contribution >= 4 is 25.0 Å². The number of benzene rings is 3. The van der Waals surface area contributed by atoms with E-state index in [1.54, 1.807) is 99.4 Å². The van der Waals surface area contributed by atoms with Crippen molar-refractivity contribution in [2.24, 2.45) is 0 Å². The molecule has 0 fully saturated rings. The summed E-state index contributed by atoms with van der Waals surface area (Å²) in [6.07, 6.45) is 3.09. The summed E-state index contributed by atoms with van der Waals surface area (Å²) in [5, 5.41) is 11.0. The molecule has 0 amide bonds. The van der Waals surface area contributed by atoms with Crippen molar-refractivity contribution in [1.82, 2.24) is 0 Å². The highest BCUT2D eigenvalue weighted by Gasteiger charge is 2.42. The third kappa shape index (κ3) is 7.57. The molecular weight excluding hydrogens is 491 g/mol. The van der Waals surface area contributed by atoms with Crippen molar-refractivity contribution in [3.63, 3.8) is 0 Å². The van der Waals surface area contributed by atoms with E-state index in [9.17, 15) is 9.67 Å². The molecule has 0 unspecified atom stereocenters. The van der Waals surface area contributed by atoms with Gasteiger partial charge in [0.05, 0.1) is 14.2 Å². The highest BCUT2D eigenvalue weighted by molar-refractivity contribution is 7.47. The quantitative estimate of drug-likeness (QED) is 0.342. The minimum Gasteiger partial charge on any atom is -0.872 e. The second kappa shape index (κ2) is 12.0. The van der Waals surface area contributed by atoms with Crippen molar-refractivity contribution < 1.29 is 32.5 Å². The Bertz CT molecular complexity index is 1180. The van der Waals surface area contributed by atoms with E-state index in [-0.39, 0.29) is 5.75 Å². The van der Waals surface area contributed by atoms with Gasteiger partial charge < -0.3 is 29.4 Å². The summed E-state index contributed by atoms with van der Waals surface area (Å²) in [5.41, 5.74) is 6.26. The van der Waals surface area contributed by atoms with Crippen LogP contribution < -0.4 is 33.7 Å². The van der Waals surface area contributed by atoms with E-state index in [4.69, 9.17) is 35.9 Å². The fourth-order valence-electron chi connectivity index (χ4n) is 2.68. The molecule has 2 N–H and O–H groups in total. The van der Waals surface area contributed by atoms with Crippen molar-refractivity contribution in [2.45, 2.75) is 0 Å². The molecule has 4 rings (SSSR count). The van der Waals surface area contributed by atoms with Crippen LogP contribution in [0, 0.1) is 0 Å². The van der Waals surface area contributed by atoms with E-state index >= 15 is 0 Å². The normalized spacial score (nSPS) is 10.5. The van der Waals surface area contributed by atoms with Gasteiger partial charge >= 0.3 is 7.75 Å². The fourth-order valence-corrected chi connectivity index (χ4v) is 4.27. The lowest BCUT2D eigenvalue weighted by molar-refractivity contribution is -0.536. The lowest BCUT2D eigenvalue weighted by atomic mass is 10.3. The van der Waals surface area contributed by atoms with E-state index in [2.05, 4.69) is 0 Å². The monoisotopic (exact) mass is 514 g/mol. The predicted molar refractivity (Wildman–Crippen MR) is 132 cm³/mol. The lowest BCUT2D eigenvalue weighted by Crippen LogP contribution is -2.35. The van der Waals surface area contributed by atoms with Crippen LogP contribution in [0.3, 0.4) is 0 Å². The zero-order chi connectivity index (χ0) is 25.3. The Morgan fingerprint density at radius 1 is 0.714 bits per heavy atom. The van der Waals surface area contributed by atoms with Crippen LogP contribution >= 0.6 is 19.3 Å². The van der Waals surface area contributed by atoms with E-state index in [1.165, 1.54) is 16.5 Å². The number of anilines is 1. The molecular formula is C25H24ClN2O6P. The van der Waals surface area contributed by atoms with Gasteiger partial charge in [0.15, 0.2) is 12.4 Å². The number of hydrogen-bond donors (Lipinski definition) is 1. The molecule has 0 aliphatic rings. The summed E-state index contributed by atoms with van der Waals surface area (Å²) in [6.45, 7) is 0. The maximum absolute atomic E-state index is 13.6. The van der Waals surface area contributed by atoms with E-state index in [0.29, 0.717) is 33.7 Å². The summed E-state index contributed by atoms with van der Waals surface area (Å²) in [6, 6.07) is 22.7. The van der Waals surface area contributed by atoms with Crippen molar-refractivity contribution in [2.75, 3.05) is 20.0 Å². The predicted octanol–water partition coefficient (Wildman–Crippen LogP) is 5.10. The van der Waals surface area contributed by atoms with Crippen LogP contribution in [-0.2, 0) is 4.57 Å². The number of nitrogens with two attached hydrogens (primary N) is 1. The standard InChI is InChI=1S/C19H19N2O5P.C6H5ClO/c1-23-16-3-7-18(8-4-16)25-27(22,21-13-11-15(20)12-14-21)26-19-9-5-17(24-2)6-10-19;7-5-1-3-6(8)4-2-5/h3-14,20H,1-2H3;1-4,8H. The van der Waals surface area contributed by atoms with Gasteiger partial charge in [0, 0.05) is 22.8 Å². The third-order valence-electron chi connectivity index (χ3n) is 4.50. The van der Waals surface area contributed by atoms with Gasteiger partial charge in [-0.15, -0.1) is 5.75 Å². The first-order chi connectivity index (χ1) is 16.8. The molecule has 0 aliphatic heterocycles. The summed E-state index contributed by atoms with van der Waals surface area (Å²) in [4.78, 5) is 0. The number of ether oxygens (including phenoxy) is 2. The van der Waals surface area contributed by atoms with Gasteiger partial charge in [-0.2, -0.15) is 4.57 Å². The number of pyridine rings is 1. The molecule has 0 radical (unpaired) electrons. The fraction of sp³-hybridized carbons (Fsp3) is 0.0800. The topological polar surface area (TPSA) is 107 Å². The first-order valence-electron chi connectivity index (χ1n) is 10.3. The highest BCUT2D eigenvalue weighted by atomic mass is 35.5. The van der Waals surface area contributed by atoms with Crippen LogP contribution in [0.15, 0.2) is 97.3 Å². The maximum Gasteiger partial charge on any atom is 0.728 e. The number of halogens is 1. The second-order valence-corrected chi connectivity index (χ2v) is 9.17. The van der Waals surface area contributed by atoms with Gasteiger partial charge in [0.1, 0.15) is 23.0 Å². The van der Waals surface area contributed by atoms with Gasteiger partial charge in [-0.1, -0.05) is 28.1 Å². The molecule has 10 heteroatoms. The van der Waals surface area contributed by atoms with Crippen LogP contribution in [0.5, 0.6) is 28.7 Å². The molecule has 0 spiro atoms. The Balaban J connectivity index is 0.000000363. The van der Waals surface area contributed by atoms with E-state index < -0.39 is 7.75 Å². The van der Waals surface area contributed by atoms with Crippen LogP contribution in [0.25, 0.3) is 0 Å². The van der Waals surface area contributed by atoms with Crippen molar-refractivity contribution in [3.05, 3.63) is 102 Å². The van der Waals surface area contributed by atoms with Gasteiger partial charge in [-0.3, -0.25) is 0 Å². The van der Waals surface area contributed by atoms with Crippen LogP contribution in [-0.4, -0.2) is 14.2 Å². The molecule has 35 heavy (non-hydrogen) atoms. The summed E-state index contributed by atoms with van der Waals surface area (Å²) in [5.74, 6) is 2.06. The first kappa shape index (κ1) is 25.7. The number of nitrogens with zero attached hydrogens (tertiary/aromatic N) is 1. The molecule has 0 saturated carbocycles. The molecule has 0 saturated heterocycles. The average Bonchev–Trinajstić information content (AvgIpc) is 2.87. The summed E-state index contributed by atoms with van der Waals surface area (Å²) < 4.78 is 36.7.